The summed E-state index contributed by atoms with van der Waals surface area (Å²) in [6, 6.07) is 15.9. The molecule has 218 valence electrons. The Morgan fingerprint density at radius 3 is 2.27 bits per heavy atom. The van der Waals surface area contributed by atoms with E-state index in [9.17, 15) is 23.8 Å². The van der Waals surface area contributed by atoms with Gasteiger partial charge in [0.1, 0.15) is 23.1 Å². The summed E-state index contributed by atoms with van der Waals surface area (Å²) < 4.78 is 35.6. The van der Waals surface area contributed by atoms with Crippen molar-refractivity contribution < 1.29 is 28.5 Å². The van der Waals surface area contributed by atoms with Gasteiger partial charge in [-0.3, -0.25) is 4.79 Å². The lowest BCUT2D eigenvalue weighted by Crippen LogP contribution is -2.52. The molecule has 0 saturated carbocycles. The lowest BCUT2D eigenvalue weighted by molar-refractivity contribution is -0.165. The number of hydrazone groups is 1. The number of phenols is 2. The van der Waals surface area contributed by atoms with E-state index >= 15 is 0 Å². The van der Waals surface area contributed by atoms with E-state index in [0.717, 1.165) is 23.8 Å². The largest absolute Gasteiger partial charge is 0.508 e. The van der Waals surface area contributed by atoms with Crippen molar-refractivity contribution in [3.05, 3.63) is 95.1 Å². The van der Waals surface area contributed by atoms with Crippen LogP contribution in [0.15, 0.2) is 71.8 Å². The number of amides is 1. The van der Waals surface area contributed by atoms with E-state index in [1.165, 1.54) is 17.1 Å². The minimum Gasteiger partial charge on any atom is -0.508 e. The van der Waals surface area contributed by atoms with Crippen LogP contribution < -0.4 is 5.73 Å². The third kappa shape index (κ3) is 5.77. The zero-order valence-corrected chi connectivity index (χ0v) is 24.0. The van der Waals surface area contributed by atoms with Crippen molar-refractivity contribution in [1.82, 2.24) is 5.01 Å². The Kier molecular flexibility index (Phi) is 8.14. The number of ether oxygens (including phenoxy) is 1. The molecule has 0 spiro atoms. The fourth-order valence-electron chi connectivity index (χ4n) is 6.05. The Hall–Kier alpha value is -3.98. The SMILES string of the molecule is CC(C)(C)C(c1cccc(O)c1)C(C)(C)C(=O)N1N=C(c2cc(F)ccc2F)OC1(CCCN)c1cccc(O)c1. The average Bonchev–Trinajstić information content (AvgIpc) is 3.28. The summed E-state index contributed by atoms with van der Waals surface area (Å²) >= 11 is 0. The first kappa shape index (κ1) is 30.0. The molecular formula is C32H37F2N3O4. The smallest absolute Gasteiger partial charge is 0.252 e. The average molecular weight is 566 g/mol. The summed E-state index contributed by atoms with van der Waals surface area (Å²) in [7, 11) is 0. The minimum atomic E-state index is -1.61. The molecule has 7 nitrogen and oxygen atoms in total. The van der Waals surface area contributed by atoms with Crippen LogP contribution in [0.3, 0.4) is 0 Å². The van der Waals surface area contributed by atoms with Gasteiger partial charge in [-0.05, 0) is 66.4 Å². The maximum Gasteiger partial charge on any atom is 0.252 e. The van der Waals surface area contributed by atoms with E-state index in [0.29, 0.717) is 12.0 Å². The van der Waals surface area contributed by atoms with Gasteiger partial charge in [-0.25, -0.2) is 8.78 Å². The monoisotopic (exact) mass is 565 g/mol. The summed E-state index contributed by atoms with van der Waals surface area (Å²) in [4.78, 5) is 14.8. The van der Waals surface area contributed by atoms with Gasteiger partial charge in [-0.15, -0.1) is 5.10 Å². The maximum absolute atomic E-state index is 15.0. The molecule has 4 rings (SSSR count). The molecule has 0 aliphatic carbocycles. The van der Waals surface area contributed by atoms with Gasteiger partial charge < -0.3 is 20.7 Å². The van der Waals surface area contributed by atoms with E-state index in [4.69, 9.17) is 10.5 Å². The highest BCUT2D eigenvalue weighted by Gasteiger charge is 2.55. The number of phenolic OH excluding ortho intramolecular Hbond substituents is 2. The van der Waals surface area contributed by atoms with Crippen molar-refractivity contribution in [3.8, 4) is 11.5 Å². The van der Waals surface area contributed by atoms with E-state index in [2.05, 4.69) is 5.10 Å². The predicted octanol–water partition coefficient (Wildman–Crippen LogP) is 6.34. The molecular weight excluding hydrogens is 528 g/mol. The van der Waals surface area contributed by atoms with Crippen LogP contribution >= 0.6 is 0 Å². The van der Waals surface area contributed by atoms with Gasteiger partial charge >= 0.3 is 0 Å². The molecule has 1 aliphatic rings. The van der Waals surface area contributed by atoms with Gasteiger partial charge in [0, 0.05) is 17.9 Å². The quantitative estimate of drug-likeness (QED) is 0.295. The van der Waals surface area contributed by atoms with Crippen LogP contribution in [0.1, 0.15) is 70.1 Å². The van der Waals surface area contributed by atoms with Crippen LogP contribution in [0.2, 0.25) is 0 Å². The van der Waals surface area contributed by atoms with Crippen molar-refractivity contribution in [1.29, 1.82) is 0 Å². The number of carbonyl (C=O) groups excluding carboxylic acids is 1. The number of benzene rings is 3. The molecule has 3 aromatic carbocycles. The summed E-state index contributed by atoms with van der Waals surface area (Å²) in [6.07, 6.45) is 0.550. The lowest BCUT2D eigenvalue weighted by Gasteiger charge is -2.45. The Morgan fingerprint density at radius 2 is 1.66 bits per heavy atom. The molecule has 2 unspecified atom stereocenters. The Balaban J connectivity index is 1.94. The fraction of sp³-hybridized carbons (Fsp3) is 0.375. The maximum atomic E-state index is 15.0. The van der Waals surface area contributed by atoms with Gasteiger partial charge in [0.25, 0.3) is 5.91 Å². The third-order valence-corrected chi connectivity index (χ3v) is 7.51. The van der Waals surface area contributed by atoms with Crippen LogP contribution in [0, 0.1) is 22.5 Å². The molecule has 41 heavy (non-hydrogen) atoms. The highest BCUT2D eigenvalue weighted by atomic mass is 19.1. The van der Waals surface area contributed by atoms with Crippen molar-refractivity contribution in [2.75, 3.05) is 6.54 Å². The van der Waals surface area contributed by atoms with Crippen molar-refractivity contribution in [3.63, 3.8) is 0 Å². The van der Waals surface area contributed by atoms with E-state index in [1.54, 1.807) is 44.2 Å². The molecule has 0 saturated heterocycles. The summed E-state index contributed by atoms with van der Waals surface area (Å²) in [6.45, 7) is 9.86. The molecule has 2 atom stereocenters. The number of hydrogen-bond acceptors (Lipinski definition) is 6. The highest BCUT2D eigenvalue weighted by Crippen LogP contribution is 2.52. The molecule has 1 aliphatic heterocycles. The summed E-state index contributed by atoms with van der Waals surface area (Å²) in [5, 5.41) is 26.4. The standard InChI is InChI=1S/C32H37F2N3O4/c1-30(2,3)27(20-9-6-11-23(38)17-20)31(4,5)29(40)37-32(15-8-16-35,21-10-7-12-24(39)18-21)41-28(36-37)25-19-22(33)13-14-26(25)34/h6-7,9-14,17-19,27,38-39H,8,15-16,35H2,1-5H3. The lowest BCUT2D eigenvalue weighted by atomic mass is 9.62. The molecule has 3 aromatic rings. The molecule has 9 heteroatoms. The van der Waals surface area contributed by atoms with Crippen LogP contribution in [0.25, 0.3) is 0 Å². The van der Waals surface area contributed by atoms with Crippen molar-refractivity contribution in [2.45, 2.75) is 59.1 Å². The zero-order chi connectivity index (χ0) is 30.2. The summed E-state index contributed by atoms with van der Waals surface area (Å²) in [5.74, 6) is -2.60. The first-order chi connectivity index (χ1) is 19.2. The molecule has 1 heterocycles. The van der Waals surface area contributed by atoms with Crippen LogP contribution in [0.5, 0.6) is 11.5 Å². The van der Waals surface area contributed by atoms with Gasteiger partial charge in [-0.1, -0.05) is 58.9 Å². The highest BCUT2D eigenvalue weighted by molar-refractivity contribution is 5.98. The number of nitrogens with two attached hydrogens (primary N) is 1. The number of carbonyl (C=O) groups is 1. The van der Waals surface area contributed by atoms with E-state index in [-0.39, 0.29) is 35.9 Å². The minimum absolute atomic E-state index is 0.0670. The number of halogens is 2. The van der Waals surface area contributed by atoms with E-state index < -0.39 is 40.0 Å². The Morgan fingerprint density at radius 1 is 1.00 bits per heavy atom. The first-order valence-electron chi connectivity index (χ1n) is 13.6. The van der Waals surface area contributed by atoms with Crippen molar-refractivity contribution in [2.24, 2.45) is 21.7 Å². The number of aromatic hydroxyl groups is 2. The number of nitrogens with zero attached hydrogens (tertiary/aromatic N) is 2. The van der Waals surface area contributed by atoms with Crippen LogP contribution in [-0.4, -0.2) is 33.6 Å². The summed E-state index contributed by atoms with van der Waals surface area (Å²) in [5.41, 5.74) is 3.58. The second-order valence-corrected chi connectivity index (χ2v) is 12.1. The second-order valence-electron chi connectivity index (χ2n) is 12.1. The van der Waals surface area contributed by atoms with Crippen LogP contribution in [0.4, 0.5) is 8.78 Å². The Labute approximate surface area is 239 Å². The molecule has 1 amide bonds. The third-order valence-electron chi connectivity index (χ3n) is 7.51. The van der Waals surface area contributed by atoms with Gasteiger partial charge in [0.2, 0.25) is 11.6 Å². The first-order valence-corrected chi connectivity index (χ1v) is 13.6. The predicted molar refractivity (Wildman–Crippen MR) is 153 cm³/mol. The molecule has 4 N–H and O–H groups in total. The zero-order valence-electron chi connectivity index (χ0n) is 24.0. The second kappa shape index (κ2) is 11.1. The fourth-order valence-corrected chi connectivity index (χ4v) is 6.05. The van der Waals surface area contributed by atoms with Crippen LogP contribution in [-0.2, 0) is 15.3 Å². The van der Waals surface area contributed by atoms with Gasteiger partial charge in [0.05, 0.1) is 11.0 Å². The van der Waals surface area contributed by atoms with Gasteiger partial charge in [-0.2, -0.15) is 5.01 Å². The molecule has 0 aromatic heterocycles. The Bertz CT molecular complexity index is 1470. The molecule has 0 fully saturated rings. The normalized spacial score (nSPS) is 18.1. The number of hydrogen-bond donors (Lipinski definition) is 3. The van der Waals surface area contributed by atoms with E-state index in [1.807, 2.05) is 26.8 Å². The molecule has 0 radical (unpaired) electrons. The number of rotatable bonds is 8. The van der Waals surface area contributed by atoms with Gasteiger partial charge in [0.15, 0.2) is 0 Å². The van der Waals surface area contributed by atoms with Crippen molar-refractivity contribution >= 4 is 11.8 Å². The topological polar surface area (TPSA) is 108 Å². The molecule has 0 bridgehead atoms.